The van der Waals surface area contributed by atoms with Gasteiger partial charge in [-0.05, 0) is 13.8 Å². The fourth-order valence-electron chi connectivity index (χ4n) is 8.93. The molecule has 5 aliphatic heterocycles. The summed E-state index contributed by atoms with van der Waals surface area (Å²) in [4.78, 5) is 25.3. The van der Waals surface area contributed by atoms with E-state index in [1.54, 1.807) is 0 Å². The van der Waals surface area contributed by atoms with Gasteiger partial charge in [-0.1, -0.05) is 0 Å². The van der Waals surface area contributed by atoms with E-state index in [2.05, 4.69) is 14.8 Å². The van der Waals surface area contributed by atoms with Gasteiger partial charge >= 0.3 is 10.4 Å². The molecule has 35 heteroatoms. The number of amides is 2. The molecule has 0 radical (unpaired) electrons. The van der Waals surface area contributed by atoms with Crippen molar-refractivity contribution in [1.82, 2.24) is 10.6 Å². The van der Waals surface area contributed by atoms with Crippen LogP contribution in [-0.2, 0) is 71.5 Å². The van der Waals surface area contributed by atoms with Crippen LogP contribution in [0.15, 0.2) is 0 Å². The molecule has 19 N–H and O–H groups in total. The van der Waals surface area contributed by atoms with E-state index in [-0.39, 0.29) is 0 Å². The minimum atomic E-state index is -5.44. The Morgan fingerprint density at radius 3 is 1.52 bits per heavy atom. The number of nitrogens with one attached hydrogen (secondary N) is 2. The van der Waals surface area contributed by atoms with Crippen molar-refractivity contribution >= 4 is 22.2 Å². The first kappa shape index (κ1) is 63.6. The highest BCUT2D eigenvalue weighted by atomic mass is 32.3. The number of aliphatic hydroxyl groups excluding tert-OH is 16. The molecule has 438 valence electrons. The molecule has 5 saturated heterocycles. The number of carbonyl (C=O) groups excluding carboxylic acids is 2. The SMILES string of the molecule is CC(=O)N[C@H]1[C@H](OC[C@@H](O)[C@H](O)[C@H](O[C@@H]2O[C@H](CO)[C@H](O)[C@H](O)[C@H]2O[C@@H]2O[C@@H](C)[C@@H](O)[C@@H](O)[C@@H]2O)[C@H](CO)NC(C)=O)O[C@H](CO)[C@@H](O[C@@H]2O[C@H](CO)[C@H](O)[C@H](OS(=O)(=O)O)[C@H]2O)[C@@H]1O[C@@H]1O[C@@H](C)[C@@H](O)[C@@H](O)[C@@H]1O. The molecule has 5 fully saturated rings. The third kappa shape index (κ3) is 15.2. The molecular weight excluding hydrogens is 1050 g/mol. The highest BCUT2D eigenvalue weighted by Crippen LogP contribution is 2.36. The van der Waals surface area contributed by atoms with Gasteiger partial charge in [0.05, 0.1) is 51.3 Å². The Kier molecular flexibility index (Phi) is 23.1. The van der Waals surface area contributed by atoms with Crippen molar-refractivity contribution in [3.63, 3.8) is 0 Å². The van der Waals surface area contributed by atoms with Crippen LogP contribution in [0.3, 0.4) is 0 Å². The number of carbonyl (C=O) groups is 2. The molecule has 0 aliphatic carbocycles. The van der Waals surface area contributed by atoms with Crippen LogP contribution < -0.4 is 10.6 Å². The van der Waals surface area contributed by atoms with E-state index < -0.39 is 233 Å². The van der Waals surface area contributed by atoms with Crippen molar-refractivity contribution in [2.75, 3.05) is 33.0 Å². The minimum Gasteiger partial charge on any atom is -0.394 e. The van der Waals surface area contributed by atoms with Gasteiger partial charge < -0.3 is 140 Å². The maximum absolute atomic E-state index is 12.9. The summed E-state index contributed by atoms with van der Waals surface area (Å²) in [7, 11) is -5.44. The molecule has 5 rings (SSSR count). The maximum atomic E-state index is 12.9. The van der Waals surface area contributed by atoms with Gasteiger partial charge in [-0.15, -0.1) is 0 Å². The summed E-state index contributed by atoms with van der Waals surface area (Å²) >= 11 is 0. The molecule has 0 aromatic rings. The number of aliphatic hydroxyl groups is 16. The van der Waals surface area contributed by atoms with Crippen molar-refractivity contribution in [3.05, 3.63) is 0 Å². The second kappa shape index (κ2) is 27.3. The first-order valence-corrected chi connectivity index (χ1v) is 24.8. The van der Waals surface area contributed by atoms with Crippen LogP contribution in [0.1, 0.15) is 27.7 Å². The Morgan fingerprint density at radius 1 is 0.547 bits per heavy atom. The lowest BCUT2D eigenvalue weighted by molar-refractivity contribution is -0.375. The Bertz CT molecular complexity index is 1920. The average Bonchev–Trinajstić information content (AvgIpc) is 3.35. The Morgan fingerprint density at radius 2 is 1.03 bits per heavy atom. The highest BCUT2D eigenvalue weighted by molar-refractivity contribution is 7.80. The second-order valence-corrected chi connectivity index (χ2v) is 19.5. The predicted octanol–water partition coefficient (Wildman–Crippen LogP) is -12.3. The lowest BCUT2D eigenvalue weighted by atomic mass is 9.94. The van der Waals surface area contributed by atoms with Crippen molar-refractivity contribution in [2.45, 2.75) is 206 Å². The zero-order valence-corrected chi connectivity index (χ0v) is 41.2. The number of hydrogen-bond acceptors (Lipinski definition) is 31. The zero-order valence-electron chi connectivity index (χ0n) is 40.4. The van der Waals surface area contributed by atoms with E-state index in [1.807, 2.05) is 0 Å². The van der Waals surface area contributed by atoms with Gasteiger partial charge in [0.15, 0.2) is 31.5 Å². The quantitative estimate of drug-likeness (QED) is 0.0448. The van der Waals surface area contributed by atoms with Gasteiger partial charge in [0, 0.05) is 13.8 Å². The van der Waals surface area contributed by atoms with Crippen LogP contribution >= 0.6 is 0 Å². The summed E-state index contributed by atoms with van der Waals surface area (Å²) in [6.07, 6.45) is -52.9. The van der Waals surface area contributed by atoms with Crippen LogP contribution in [-0.4, -0.2) is 317 Å². The standard InChI is InChI=1S/C40H70N2O32S/c1-10-20(50)25(55)28(58)37(65-10)72-33-19(42-13(4)48)36(69-18(8-46)32(33)71-39-30(60)34(74-75(61,62)63)24(54)17(7-45)67-39)64-9-15(49)22(52)31(14(5-43)41-12(3)47)70-40-35(27(57)23(53)16(6-44)68-40)73-38-29(59)26(56)21(51)11(2)66-38/h10-11,14-40,43-46,49-60H,5-9H2,1-4H3,(H,41,47)(H,42,48)(H,61,62,63)/t10-,11-,14-,15+,16+,17+,18+,19+,20+,21+,22-,23-,24-,25+,26+,27-,28-,29-,30+,31+,32+,33+,34-,35+,36+,37-,38-,39-,40-/m0/s1. The summed E-state index contributed by atoms with van der Waals surface area (Å²) in [5, 5.41) is 176. The van der Waals surface area contributed by atoms with Gasteiger partial charge in [-0.2, -0.15) is 8.42 Å². The fourth-order valence-corrected chi connectivity index (χ4v) is 9.43. The van der Waals surface area contributed by atoms with Crippen molar-refractivity contribution < 1.29 is 156 Å². The number of hydrogen-bond donors (Lipinski definition) is 19. The Balaban J connectivity index is 1.48. The van der Waals surface area contributed by atoms with Crippen LogP contribution in [0.5, 0.6) is 0 Å². The van der Waals surface area contributed by atoms with Crippen LogP contribution in [0.2, 0.25) is 0 Å². The molecule has 34 nitrogen and oxygen atoms in total. The zero-order chi connectivity index (χ0) is 56.1. The lowest BCUT2D eigenvalue weighted by Gasteiger charge is -2.50. The molecule has 0 spiro atoms. The van der Waals surface area contributed by atoms with Gasteiger partial charge in [0.1, 0.15) is 128 Å². The van der Waals surface area contributed by atoms with E-state index in [0.29, 0.717) is 0 Å². The van der Waals surface area contributed by atoms with Crippen LogP contribution in [0, 0.1) is 0 Å². The van der Waals surface area contributed by atoms with Gasteiger partial charge in [-0.3, -0.25) is 14.1 Å². The predicted molar refractivity (Wildman–Crippen MR) is 232 cm³/mol. The van der Waals surface area contributed by atoms with Gasteiger partial charge in [0.25, 0.3) is 0 Å². The monoisotopic (exact) mass is 1120 g/mol. The second-order valence-electron chi connectivity index (χ2n) is 18.5. The molecule has 0 aromatic carbocycles. The first-order valence-electron chi connectivity index (χ1n) is 23.4. The molecule has 0 saturated carbocycles. The molecule has 0 unspecified atom stereocenters. The van der Waals surface area contributed by atoms with Gasteiger partial charge in [-0.25, -0.2) is 4.18 Å². The van der Waals surface area contributed by atoms with E-state index >= 15 is 0 Å². The first-order chi connectivity index (χ1) is 35.1. The maximum Gasteiger partial charge on any atom is 0.397 e. The highest BCUT2D eigenvalue weighted by Gasteiger charge is 2.57. The van der Waals surface area contributed by atoms with Gasteiger partial charge in [0.2, 0.25) is 11.8 Å². The van der Waals surface area contributed by atoms with E-state index in [1.165, 1.54) is 13.8 Å². The van der Waals surface area contributed by atoms with E-state index in [0.717, 1.165) is 13.8 Å². The summed E-state index contributed by atoms with van der Waals surface area (Å²) < 4.78 is 94.9. The van der Waals surface area contributed by atoms with Crippen molar-refractivity contribution in [2.24, 2.45) is 0 Å². The molecule has 0 bridgehead atoms. The topological polar surface area (TPSA) is 538 Å². The Hall–Kier alpha value is -2.23. The molecule has 5 aliphatic rings. The van der Waals surface area contributed by atoms with Crippen LogP contribution in [0.25, 0.3) is 0 Å². The third-order valence-corrected chi connectivity index (χ3v) is 13.5. The largest absolute Gasteiger partial charge is 0.397 e. The molecular formula is C40H70N2O32S. The summed E-state index contributed by atoms with van der Waals surface area (Å²) in [6.45, 7) is -0.948. The summed E-state index contributed by atoms with van der Waals surface area (Å²) in [5.74, 6) is -1.77. The van der Waals surface area contributed by atoms with Crippen LogP contribution in [0.4, 0.5) is 0 Å². The van der Waals surface area contributed by atoms with Crippen molar-refractivity contribution in [3.8, 4) is 0 Å². The molecule has 75 heavy (non-hydrogen) atoms. The Labute approximate surface area is 426 Å². The molecule has 0 aromatic heterocycles. The molecule has 2 amide bonds. The lowest BCUT2D eigenvalue weighted by Crippen LogP contribution is -2.70. The molecule has 29 atom stereocenters. The summed E-state index contributed by atoms with van der Waals surface area (Å²) in [6, 6.07) is -3.56. The smallest absolute Gasteiger partial charge is 0.394 e. The number of ether oxygens (including phenoxy) is 10. The van der Waals surface area contributed by atoms with Crippen molar-refractivity contribution in [1.29, 1.82) is 0 Å². The number of rotatable bonds is 22. The summed E-state index contributed by atoms with van der Waals surface area (Å²) in [5.41, 5.74) is 0. The normalized spacial score (nSPS) is 44.5. The van der Waals surface area contributed by atoms with E-state index in [4.69, 9.17) is 47.4 Å². The minimum absolute atomic E-state index is 0.854. The third-order valence-electron chi connectivity index (χ3n) is 13.0. The van der Waals surface area contributed by atoms with E-state index in [9.17, 15) is 104 Å². The molecule has 5 heterocycles. The average molecular weight is 1120 g/mol. The fraction of sp³-hybridized carbons (Fsp3) is 0.950.